The molecule has 2 aromatic rings. The number of anilines is 1. The number of para-hydroxylation sites is 1. The third-order valence-electron chi connectivity index (χ3n) is 7.90. The highest BCUT2D eigenvalue weighted by atomic mass is 16.6. The van der Waals surface area contributed by atoms with Crippen LogP contribution >= 0.6 is 0 Å². The highest BCUT2D eigenvalue weighted by Crippen LogP contribution is 2.29. The number of benzene rings is 2. The van der Waals surface area contributed by atoms with E-state index in [1.165, 1.54) is 39.0 Å². The van der Waals surface area contributed by atoms with E-state index in [1.807, 2.05) is 0 Å². The fourth-order valence-corrected chi connectivity index (χ4v) is 4.91. The normalized spacial score (nSPS) is 23.7. The summed E-state index contributed by atoms with van der Waals surface area (Å²) >= 11 is 0. The average Bonchev–Trinajstić information content (AvgIpc) is 3.04. The monoisotopic (exact) mass is 682 g/mol. The molecule has 2 amide bonds. The lowest BCUT2D eigenvalue weighted by Crippen LogP contribution is -2.52. The van der Waals surface area contributed by atoms with Gasteiger partial charge in [-0.3, -0.25) is 19.2 Å². The third kappa shape index (κ3) is 9.21. The number of phenolic OH excluding ortho intramolecular Hbond substituents is 1. The zero-order chi connectivity index (χ0) is 36.6. The van der Waals surface area contributed by atoms with Crippen molar-refractivity contribution in [3.63, 3.8) is 0 Å². The van der Waals surface area contributed by atoms with E-state index in [2.05, 4.69) is 10.6 Å². The standard InChI is InChI=1S/C35H42N2O12/c1-18(2)27-33(44)47-24(16-21-12-9-8-10-13-21)29(40)35(6,7)34(45)49-28(19(3)4)32(43)46-20(5)25(31(42)48-27)37-30(41)22-14-11-15-23(26(22)39)36-17-38/h8-15,17-20,24-25,27-28,39H,16H2,1-7H3,(H,36,38)(H,37,41). The minimum Gasteiger partial charge on any atom is -0.505 e. The second-order valence-electron chi connectivity index (χ2n) is 12.8. The second-order valence-corrected chi connectivity index (χ2v) is 12.8. The number of hydrogen-bond acceptors (Lipinski definition) is 12. The summed E-state index contributed by atoms with van der Waals surface area (Å²) in [4.78, 5) is 92.6. The Morgan fingerprint density at radius 2 is 1.43 bits per heavy atom. The van der Waals surface area contributed by atoms with Crippen molar-refractivity contribution in [2.24, 2.45) is 17.3 Å². The molecule has 0 spiro atoms. The predicted octanol–water partition coefficient (Wildman–Crippen LogP) is 2.89. The Morgan fingerprint density at radius 1 is 0.837 bits per heavy atom. The number of ketones is 1. The molecule has 5 unspecified atom stereocenters. The van der Waals surface area contributed by atoms with Crippen molar-refractivity contribution >= 4 is 47.7 Å². The lowest BCUT2D eigenvalue weighted by molar-refractivity contribution is -0.182. The first-order chi connectivity index (χ1) is 23.0. The average molecular weight is 683 g/mol. The molecule has 1 heterocycles. The van der Waals surface area contributed by atoms with Crippen LogP contribution in [0.5, 0.6) is 5.75 Å². The van der Waals surface area contributed by atoms with Crippen LogP contribution in [0.4, 0.5) is 5.69 Å². The molecule has 3 N–H and O–H groups in total. The highest BCUT2D eigenvalue weighted by molar-refractivity contribution is 6.06. The molecule has 14 nitrogen and oxygen atoms in total. The summed E-state index contributed by atoms with van der Waals surface area (Å²) in [7, 11) is 0. The molecular weight excluding hydrogens is 640 g/mol. The lowest BCUT2D eigenvalue weighted by atomic mass is 9.83. The Balaban J connectivity index is 2.10. The number of nitrogens with one attached hydrogen (secondary N) is 2. The number of cyclic esters (lactones) is 4. The smallest absolute Gasteiger partial charge is 0.348 e. The Hall–Kier alpha value is -5.27. The summed E-state index contributed by atoms with van der Waals surface area (Å²) in [6.07, 6.45) is -6.02. The summed E-state index contributed by atoms with van der Waals surface area (Å²) in [5.41, 5.74) is -1.76. The summed E-state index contributed by atoms with van der Waals surface area (Å²) in [6, 6.07) is 10.7. The van der Waals surface area contributed by atoms with Gasteiger partial charge in [0.1, 0.15) is 11.5 Å². The van der Waals surface area contributed by atoms with Gasteiger partial charge in [0.05, 0.1) is 11.3 Å². The van der Waals surface area contributed by atoms with Crippen molar-refractivity contribution < 1.29 is 57.6 Å². The van der Waals surface area contributed by atoms with Crippen LogP contribution in [0.25, 0.3) is 0 Å². The maximum atomic E-state index is 13.9. The minimum atomic E-state index is -1.91. The Labute approximate surface area is 283 Å². The van der Waals surface area contributed by atoms with Crippen molar-refractivity contribution in [2.45, 2.75) is 85.3 Å². The summed E-state index contributed by atoms with van der Waals surface area (Å²) in [5.74, 6) is -8.34. The molecule has 2 aromatic carbocycles. The zero-order valence-electron chi connectivity index (χ0n) is 28.4. The summed E-state index contributed by atoms with van der Waals surface area (Å²) in [5, 5.41) is 15.2. The summed E-state index contributed by atoms with van der Waals surface area (Å²) in [6.45, 7) is 10.1. The number of esters is 4. The van der Waals surface area contributed by atoms with Gasteiger partial charge in [-0.2, -0.15) is 0 Å². The molecule has 3 rings (SSSR count). The first-order valence-corrected chi connectivity index (χ1v) is 15.7. The largest absolute Gasteiger partial charge is 0.505 e. The molecule has 264 valence electrons. The number of amides is 2. The van der Waals surface area contributed by atoms with Gasteiger partial charge in [-0.1, -0.05) is 64.1 Å². The Kier molecular flexibility index (Phi) is 12.6. The van der Waals surface area contributed by atoms with Crippen molar-refractivity contribution in [1.82, 2.24) is 5.32 Å². The van der Waals surface area contributed by atoms with Gasteiger partial charge >= 0.3 is 23.9 Å². The molecule has 49 heavy (non-hydrogen) atoms. The van der Waals surface area contributed by atoms with Crippen LogP contribution in [0.3, 0.4) is 0 Å². The van der Waals surface area contributed by atoms with Gasteiger partial charge in [0.25, 0.3) is 5.91 Å². The van der Waals surface area contributed by atoms with E-state index < -0.39 is 89.0 Å². The van der Waals surface area contributed by atoms with Crippen LogP contribution in [-0.2, 0) is 54.1 Å². The third-order valence-corrected chi connectivity index (χ3v) is 7.90. The van der Waals surface area contributed by atoms with Gasteiger partial charge in [-0.15, -0.1) is 0 Å². The highest BCUT2D eigenvalue weighted by Gasteiger charge is 2.47. The summed E-state index contributed by atoms with van der Waals surface area (Å²) < 4.78 is 22.3. The molecule has 14 heteroatoms. The first-order valence-electron chi connectivity index (χ1n) is 15.7. The van der Waals surface area contributed by atoms with E-state index in [0.29, 0.717) is 5.56 Å². The quantitative estimate of drug-likeness (QED) is 0.121. The molecule has 1 fully saturated rings. The number of aromatic hydroxyl groups is 1. The first kappa shape index (κ1) is 38.2. The van der Waals surface area contributed by atoms with Gasteiger partial charge in [-0.25, -0.2) is 14.4 Å². The van der Waals surface area contributed by atoms with Gasteiger partial charge in [0.2, 0.25) is 18.6 Å². The maximum Gasteiger partial charge on any atom is 0.348 e. The number of hydrogen-bond donors (Lipinski definition) is 3. The predicted molar refractivity (Wildman–Crippen MR) is 173 cm³/mol. The number of ether oxygens (including phenoxy) is 4. The molecule has 0 aromatic heterocycles. The Morgan fingerprint density at radius 3 is 2.02 bits per heavy atom. The van der Waals surface area contributed by atoms with E-state index in [0.717, 1.165) is 0 Å². The van der Waals surface area contributed by atoms with Crippen LogP contribution in [-0.4, -0.2) is 77.5 Å². The molecule has 1 aliphatic rings. The van der Waals surface area contributed by atoms with Gasteiger partial charge in [0, 0.05) is 18.3 Å². The van der Waals surface area contributed by atoms with E-state index in [9.17, 15) is 38.7 Å². The van der Waals surface area contributed by atoms with E-state index >= 15 is 0 Å². The SMILES string of the molecule is CC(C)C1OC(=O)C(NC(=O)c2cccc(NC=O)c2O)C(C)OC(=O)C(C(C)C)OC(=O)C(C)(C)C(=O)C(Cc2ccccc2)OC1=O. The Bertz CT molecular complexity index is 1570. The number of carbonyl (C=O) groups excluding carboxylic acids is 7. The molecule has 5 atom stereocenters. The molecule has 0 saturated carbocycles. The van der Waals surface area contributed by atoms with Gasteiger partial charge < -0.3 is 34.7 Å². The zero-order valence-corrected chi connectivity index (χ0v) is 28.4. The van der Waals surface area contributed by atoms with Crippen LogP contribution in [0.15, 0.2) is 48.5 Å². The molecule has 1 saturated heterocycles. The topological polar surface area (TPSA) is 201 Å². The molecule has 0 radical (unpaired) electrons. The van der Waals surface area contributed by atoms with Crippen LogP contribution < -0.4 is 10.6 Å². The van der Waals surface area contributed by atoms with Gasteiger partial charge in [-0.05, 0) is 38.5 Å². The van der Waals surface area contributed by atoms with Crippen molar-refractivity contribution in [1.29, 1.82) is 0 Å². The van der Waals surface area contributed by atoms with Crippen LogP contribution in [0.2, 0.25) is 0 Å². The molecule has 0 aliphatic carbocycles. The van der Waals surface area contributed by atoms with E-state index in [-0.39, 0.29) is 24.1 Å². The van der Waals surface area contributed by atoms with E-state index in [4.69, 9.17) is 18.9 Å². The lowest BCUT2D eigenvalue weighted by Gasteiger charge is -2.30. The molecule has 1 aliphatic heterocycles. The fourth-order valence-electron chi connectivity index (χ4n) is 4.91. The van der Waals surface area contributed by atoms with Crippen molar-refractivity contribution in [2.75, 3.05) is 5.32 Å². The van der Waals surface area contributed by atoms with Crippen molar-refractivity contribution in [3.8, 4) is 5.75 Å². The van der Waals surface area contributed by atoms with Gasteiger partial charge in [0.15, 0.2) is 23.7 Å². The number of Topliss-reactive ketones (excluding diaryl/α,β-unsaturated/α-hetero) is 1. The molecule has 0 bridgehead atoms. The number of carbonyl (C=O) groups is 7. The van der Waals surface area contributed by atoms with Crippen LogP contribution in [0, 0.1) is 17.3 Å². The number of phenols is 1. The molecular formula is C35H42N2O12. The second kappa shape index (κ2) is 16.2. The number of rotatable bonds is 8. The van der Waals surface area contributed by atoms with Crippen LogP contribution in [0.1, 0.15) is 64.4 Å². The maximum absolute atomic E-state index is 13.9. The van der Waals surface area contributed by atoms with Crippen molar-refractivity contribution in [3.05, 3.63) is 59.7 Å². The van der Waals surface area contributed by atoms with E-state index in [1.54, 1.807) is 58.0 Å². The fraction of sp³-hybridized carbons (Fsp3) is 0.457. The minimum absolute atomic E-state index is 0.0986.